The molecule has 1 N–H and O–H groups in total. The Hall–Kier alpha value is -0.800. The molecule has 0 bridgehead atoms. The van der Waals surface area contributed by atoms with E-state index in [1.807, 2.05) is 0 Å². The summed E-state index contributed by atoms with van der Waals surface area (Å²) in [6.45, 7) is 2.12. The summed E-state index contributed by atoms with van der Waals surface area (Å²) in [6.07, 6.45) is 0. The fourth-order valence-corrected chi connectivity index (χ4v) is 2.75. The SMILES string of the molecule is Cc1c(Br)ccc2c1[nH]c1cc(Br)ccc12. The molecular weight excluding hydrogens is 330 g/mol. The molecule has 0 atom stereocenters. The highest BCUT2D eigenvalue weighted by atomic mass is 79.9. The van der Waals surface area contributed by atoms with Crippen molar-refractivity contribution in [2.45, 2.75) is 6.92 Å². The maximum atomic E-state index is 3.56. The van der Waals surface area contributed by atoms with Gasteiger partial charge in [0.05, 0.1) is 5.52 Å². The van der Waals surface area contributed by atoms with Gasteiger partial charge in [-0.25, -0.2) is 0 Å². The second-order valence-electron chi connectivity index (χ2n) is 3.91. The van der Waals surface area contributed by atoms with Crippen LogP contribution in [0.2, 0.25) is 0 Å². The number of aromatic amines is 1. The summed E-state index contributed by atoms with van der Waals surface area (Å²) >= 11 is 7.05. The van der Waals surface area contributed by atoms with Gasteiger partial charge in [-0.3, -0.25) is 0 Å². The van der Waals surface area contributed by atoms with Crippen LogP contribution in [0.25, 0.3) is 21.8 Å². The first-order valence-electron chi connectivity index (χ1n) is 5.03. The number of H-pyrrole nitrogens is 1. The molecule has 0 amide bonds. The van der Waals surface area contributed by atoms with Crippen molar-refractivity contribution >= 4 is 53.7 Å². The topological polar surface area (TPSA) is 15.8 Å². The summed E-state index contributed by atoms with van der Waals surface area (Å²) in [5.74, 6) is 0. The van der Waals surface area contributed by atoms with Gasteiger partial charge in [0.2, 0.25) is 0 Å². The molecule has 1 nitrogen and oxygen atoms in total. The Morgan fingerprint density at radius 1 is 1.00 bits per heavy atom. The Morgan fingerprint density at radius 3 is 2.56 bits per heavy atom. The van der Waals surface area contributed by atoms with Crippen LogP contribution in [0.1, 0.15) is 5.56 Å². The first-order valence-corrected chi connectivity index (χ1v) is 6.61. The van der Waals surface area contributed by atoms with Gasteiger partial charge in [0.1, 0.15) is 0 Å². The molecule has 80 valence electrons. The van der Waals surface area contributed by atoms with Crippen LogP contribution in [-0.4, -0.2) is 4.98 Å². The van der Waals surface area contributed by atoms with E-state index in [4.69, 9.17) is 0 Å². The van der Waals surface area contributed by atoms with Crippen molar-refractivity contribution in [3.05, 3.63) is 44.8 Å². The van der Waals surface area contributed by atoms with Gasteiger partial charge in [-0.05, 0) is 30.7 Å². The lowest BCUT2D eigenvalue weighted by Crippen LogP contribution is -1.77. The zero-order chi connectivity index (χ0) is 11.3. The predicted octanol–water partition coefficient (Wildman–Crippen LogP) is 5.15. The van der Waals surface area contributed by atoms with Gasteiger partial charge >= 0.3 is 0 Å². The van der Waals surface area contributed by atoms with E-state index in [1.165, 1.54) is 27.4 Å². The summed E-state index contributed by atoms with van der Waals surface area (Å²) in [5.41, 5.74) is 3.64. The van der Waals surface area contributed by atoms with Crippen LogP contribution in [0.4, 0.5) is 0 Å². The Morgan fingerprint density at radius 2 is 1.75 bits per heavy atom. The number of fused-ring (bicyclic) bond motifs is 3. The Balaban J connectivity index is 2.55. The maximum absolute atomic E-state index is 3.56. The Bertz CT molecular complexity index is 698. The third-order valence-corrected chi connectivity index (χ3v) is 4.28. The number of nitrogens with one attached hydrogen (secondary N) is 1. The fraction of sp³-hybridized carbons (Fsp3) is 0.0769. The summed E-state index contributed by atoms with van der Waals surface area (Å²) in [7, 11) is 0. The minimum Gasteiger partial charge on any atom is -0.354 e. The molecule has 0 spiro atoms. The van der Waals surface area contributed by atoms with E-state index >= 15 is 0 Å². The van der Waals surface area contributed by atoms with E-state index in [2.05, 4.69) is 74.1 Å². The average molecular weight is 339 g/mol. The summed E-state index contributed by atoms with van der Waals surface area (Å²) in [5, 5.41) is 2.55. The molecule has 0 fully saturated rings. The number of hydrogen-bond acceptors (Lipinski definition) is 0. The van der Waals surface area contributed by atoms with E-state index in [0.717, 1.165) is 8.95 Å². The number of aromatic nitrogens is 1. The van der Waals surface area contributed by atoms with Crippen LogP contribution >= 0.6 is 31.9 Å². The van der Waals surface area contributed by atoms with Gasteiger partial charge in [-0.2, -0.15) is 0 Å². The zero-order valence-electron chi connectivity index (χ0n) is 8.64. The maximum Gasteiger partial charge on any atom is 0.0505 e. The van der Waals surface area contributed by atoms with Crippen LogP contribution in [0, 0.1) is 6.92 Å². The predicted molar refractivity (Wildman–Crippen MR) is 75.9 cm³/mol. The second-order valence-corrected chi connectivity index (χ2v) is 5.68. The molecule has 0 aliphatic heterocycles. The summed E-state index contributed by atoms with van der Waals surface area (Å²) < 4.78 is 2.24. The standard InChI is InChI=1S/C13H9Br2N/c1-7-11(15)5-4-10-9-3-2-8(14)6-12(9)16-13(7)10/h2-6,16H,1H3. The van der Waals surface area contributed by atoms with E-state index in [0.29, 0.717) is 0 Å². The third kappa shape index (κ3) is 1.42. The van der Waals surface area contributed by atoms with Gasteiger partial charge < -0.3 is 4.98 Å². The summed E-state index contributed by atoms with van der Waals surface area (Å²) in [6, 6.07) is 10.6. The average Bonchev–Trinajstić information content (AvgIpc) is 2.62. The quantitative estimate of drug-likeness (QED) is 0.583. The number of rotatable bonds is 0. The van der Waals surface area contributed by atoms with Crippen LogP contribution in [0.3, 0.4) is 0 Å². The first-order chi connectivity index (χ1) is 7.66. The lowest BCUT2D eigenvalue weighted by atomic mass is 10.1. The molecule has 0 saturated carbocycles. The van der Waals surface area contributed by atoms with Crippen LogP contribution in [0.5, 0.6) is 0 Å². The van der Waals surface area contributed by atoms with Crippen LogP contribution < -0.4 is 0 Å². The lowest BCUT2D eigenvalue weighted by Gasteiger charge is -1.98. The normalized spacial score (nSPS) is 11.4. The third-order valence-electron chi connectivity index (χ3n) is 2.93. The molecule has 1 aromatic heterocycles. The van der Waals surface area contributed by atoms with Crippen LogP contribution in [-0.2, 0) is 0 Å². The largest absolute Gasteiger partial charge is 0.354 e. The van der Waals surface area contributed by atoms with Crippen molar-refractivity contribution in [3.63, 3.8) is 0 Å². The minimum atomic E-state index is 1.10. The molecule has 0 aliphatic carbocycles. The van der Waals surface area contributed by atoms with Crippen molar-refractivity contribution in [2.24, 2.45) is 0 Å². The molecule has 0 unspecified atom stereocenters. The number of benzene rings is 2. The molecular formula is C13H9Br2N. The van der Waals surface area contributed by atoms with E-state index < -0.39 is 0 Å². The molecule has 3 rings (SSSR count). The van der Waals surface area contributed by atoms with Gasteiger partial charge in [-0.1, -0.05) is 44.0 Å². The molecule has 3 heteroatoms. The molecule has 1 heterocycles. The molecule has 3 aromatic rings. The lowest BCUT2D eigenvalue weighted by molar-refractivity contribution is 1.43. The van der Waals surface area contributed by atoms with Gasteiger partial charge in [0.25, 0.3) is 0 Å². The molecule has 0 aliphatic rings. The Labute approximate surface area is 110 Å². The summed E-state index contributed by atoms with van der Waals surface area (Å²) in [4.78, 5) is 3.47. The fourth-order valence-electron chi connectivity index (χ4n) is 2.06. The zero-order valence-corrected chi connectivity index (χ0v) is 11.8. The minimum absolute atomic E-state index is 1.10. The smallest absolute Gasteiger partial charge is 0.0505 e. The van der Waals surface area contributed by atoms with Crippen LogP contribution in [0.15, 0.2) is 39.3 Å². The van der Waals surface area contributed by atoms with E-state index in [-0.39, 0.29) is 0 Å². The van der Waals surface area contributed by atoms with Gasteiger partial charge in [0.15, 0.2) is 0 Å². The van der Waals surface area contributed by atoms with Crippen molar-refractivity contribution in [1.29, 1.82) is 0 Å². The highest BCUT2D eigenvalue weighted by Gasteiger charge is 2.08. The van der Waals surface area contributed by atoms with Crippen molar-refractivity contribution < 1.29 is 0 Å². The number of halogens is 2. The highest BCUT2D eigenvalue weighted by Crippen LogP contribution is 2.32. The van der Waals surface area contributed by atoms with Crippen molar-refractivity contribution in [3.8, 4) is 0 Å². The van der Waals surface area contributed by atoms with Crippen molar-refractivity contribution in [1.82, 2.24) is 4.98 Å². The number of aryl methyl sites for hydroxylation is 1. The Kier molecular flexibility index (Phi) is 2.33. The van der Waals surface area contributed by atoms with Gasteiger partial charge in [-0.15, -0.1) is 0 Å². The second kappa shape index (κ2) is 3.60. The monoisotopic (exact) mass is 337 g/mol. The first kappa shape index (κ1) is 10.4. The molecule has 2 aromatic carbocycles. The highest BCUT2D eigenvalue weighted by molar-refractivity contribution is 9.10. The van der Waals surface area contributed by atoms with Crippen molar-refractivity contribution in [2.75, 3.05) is 0 Å². The van der Waals surface area contributed by atoms with E-state index in [1.54, 1.807) is 0 Å². The van der Waals surface area contributed by atoms with E-state index in [9.17, 15) is 0 Å². The number of hydrogen-bond donors (Lipinski definition) is 1. The molecule has 0 saturated heterocycles. The molecule has 16 heavy (non-hydrogen) atoms. The molecule has 0 radical (unpaired) electrons. The van der Waals surface area contributed by atoms with Gasteiger partial charge in [0, 0.05) is 25.2 Å².